The molecule has 0 radical (unpaired) electrons. The molecule has 1 aromatic rings. The highest BCUT2D eigenvalue weighted by atomic mass is 16.5. The second-order valence-corrected chi connectivity index (χ2v) is 7.20. The molecule has 5 heteroatoms. The van der Waals surface area contributed by atoms with Crippen LogP contribution in [0.15, 0.2) is 18.2 Å². The van der Waals surface area contributed by atoms with Crippen molar-refractivity contribution in [3.05, 3.63) is 29.3 Å². The number of hydrogen-bond donors (Lipinski definition) is 0. The van der Waals surface area contributed by atoms with E-state index in [4.69, 9.17) is 4.74 Å². The fourth-order valence-electron chi connectivity index (χ4n) is 3.86. The number of ether oxygens (including phenoxy) is 1. The number of piperazine rings is 1. The Labute approximate surface area is 149 Å². The predicted octanol–water partition coefficient (Wildman–Crippen LogP) is 2.54. The van der Waals surface area contributed by atoms with Crippen molar-refractivity contribution >= 4 is 11.8 Å². The molecule has 0 aromatic heterocycles. The largest absolute Gasteiger partial charge is 0.483 e. The topological polar surface area (TPSA) is 49.9 Å². The summed E-state index contributed by atoms with van der Waals surface area (Å²) in [6.07, 6.45) is 4.40. The van der Waals surface area contributed by atoms with Gasteiger partial charge in [0.1, 0.15) is 5.75 Å². The van der Waals surface area contributed by atoms with E-state index in [0.717, 1.165) is 29.7 Å². The second kappa shape index (κ2) is 7.89. The highest BCUT2D eigenvalue weighted by Crippen LogP contribution is 2.27. The van der Waals surface area contributed by atoms with Gasteiger partial charge in [0.15, 0.2) is 6.61 Å². The van der Waals surface area contributed by atoms with Crippen molar-refractivity contribution in [2.45, 2.75) is 39.5 Å². The van der Waals surface area contributed by atoms with Crippen LogP contribution in [0.3, 0.4) is 0 Å². The Kier molecular flexibility index (Phi) is 5.61. The zero-order valence-corrected chi connectivity index (χ0v) is 15.3. The number of aryl methyl sites for hydroxylation is 2. The Morgan fingerprint density at radius 1 is 1.00 bits per heavy atom. The molecule has 2 aliphatic rings. The van der Waals surface area contributed by atoms with Crippen LogP contribution < -0.4 is 4.74 Å². The van der Waals surface area contributed by atoms with Crippen molar-refractivity contribution in [1.82, 2.24) is 9.80 Å². The van der Waals surface area contributed by atoms with Crippen molar-refractivity contribution < 1.29 is 14.3 Å². The van der Waals surface area contributed by atoms with Crippen LogP contribution in [0.4, 0.5) is 0 Å². The van der Waals surface area contributed by atoms with Crippen molar-refractivity contribution in [3.8, 4) is 5.75 Å². The Morgan fingerprint density at radius 3 is 2.16 bits per heavy atom. The minimum atomic E-state index is -0.00406. The van der Waals surface area contributed by atoms with Gasteiger partial charge in [0, 0.05) is 32.1 Å². The van der Waals surface area contributed by atoms with Gasteiger partial charge in [0.25, 0.3) is 5.91 Å². The van der Waals surface area contributed by atoms with E-state index in [2.05, 4.69) is 0 Å². The number of hydrogen-bond acceptors (Lipinski definition) is 3. The molecule has 136 valence electrons. The maximum Gasteiger partial charge on any atom is 0.260 e. The Bertz CT molecular complexity index is 610. The van der Waals surface area contributed by atoms with E-state index in [9.17, 15) is 9.59 Å². The van der Waals surface area contributed by atoms with Gasteiger partial charge in [-0.2, -0.15) is 0 Å². The maximum absolute atomic E-state index is 12.5. The summed E-state index contributed by atoms with van der Waals surface area (Å²) in [5, 5.41) is 0. The summed E-state index contributed by atoms with van der Waals surface area (Å²) in [6.45, 7) is 6.53. The van der Waals surface area contributed by atoms with Crippen LogP contribution in [0, 0.1) is 19.8 Å². The van der Waals surface area contributed by atoms with Gasteiger partial charge in [-0.15, -0.1) is 0 Å². The quantitative estimate of drug-likeness (QED) is 0.843. The molecule has 0 atom stereocenters. The van der Waals surface area contributed by atoms with Crippen molar-refractivity contribution in [2.24, 2.45) is 5.92 Å². The van der Waals surface area contributed by atoms with E-state index >= 15 is 0 Å². The SMILES string of the molecule is Cc1cccc(C)c1OCC(=O)N1CCN(C(=O)C2CCCC2)CC1. The minimum absolute atomic E-state index is 0.00406. The number of carbonyl (C=O) groups excluding carboxylic acids is 2. The first-order valence-electron chi connectivity index (χ1n) is 9.32. The molecule has 2 fully saturated rings. The fraction of sp³-hybridized carbons (Fsp3) is 0.600. The third-order valence-corrected chi connectivity index (χ3v) is 5.40. The second-order valence-electron chi connectivity index (χ2n) is 7.20. The molecule has 25 heavy (non-hydrogen) atoms. The van der Waals surface area contributed by atoms with Crippen molar-refractivity contribution in [2.75, 3.05) is 32.8 Å². The smallest absolute Gasteiger partial charge is 0.260 e. The van der Waals surface area contributed by atoms with Crippen LogP contribution in [0.2, 0.25) is 0 Å². The predicted molar refractivity (Wildman–Crippen MR) is 96.5 cm³/mol. The molecule has 0 unspecified atom stereocenters. The van der Waals surface area contributed by atoms with Crippen LogP contribution in [0.1, 0.15) is 36.8 Å². The fourth-order valence-corrected chi connectivity index (χ4v) is 3.86. The van der Waals surface area contributed by atoms with E-state index in [1.54, 1.807) is 0 Å². The van der Waals surface area contributed by atoms with Crippen LogP contribution in [0.25, 0.3) is 0 Å². The molecule has 2 amide bonds. The van der Waals surface area contributed by atoms with Gasteiger partial charge in [0.05, 0.1) is 0 Å². The van der Waals surface area contributed by atoms with Gasteiger partial charge >= 0.3 is 0 Å². The third-order valence-electron chi connectivity index (χ3n) is 5.40. The van der Waals surface area contributed by atoms with Gasteiger partial charge in [0.2, 0.25) is 5.91 Å². The molecule has 1 aromatic carbocycles. The average Bonchev–Trinajstić information content (AvgIpc) is 3.15. The Hall–Kier alpha value is -2.04. The van der Waals surface area contributed by atoms with Gasteiger partial charge in [-0.05, 0) is 37.8 Å². The summed E-state index contributed by atoms with van der Waals surface area (Å²) in [7, 11) is 0. The first-order valence-corrected chi connectivity index (χ1v) is 9.32. The minimum Gasteiger partial charge on any atom is -0.483 e. The molecule has 1 aliphatic carbocycles. The van der Waals surface area contributed by atoms with E-state index < -0.39 is 0 Å². The molecule has 1 aliphatic heterocycles. The zero-order chi connectivity index (χ0) is 17.8. The lowest BCUT2D eigenvalue weighted by atomic mass is 10.1. The molecule has 1 saturated heterocycles. The molecular weight excluding hydrogens is 316 g/mol. The normalized spacial score (nSPS) is 18.5. The van der Waals surface area contributed by atoms with E-state index in [0.29, 0.717) is 26.2 Å². The first-order chi connectivity index (χ1) is 12.1. The number of rotatable bonds is 4. The number of benzene rings is 1. The lowest BCUT2D eigenvalue weighted by Gasteiger charge is -2.36. The summed E-state index contributed by atoms with van der Waals surface area (Å²) >= 11 is 0. The van der Waals surface area contributed by atoms with E-state index in [1.165, 1.54) is 12.8 Å². The molecule has 5 nitrogen and oxygen atoms in total. The zero-order valence-electron chi connectivity index (χ0n) is 15.3. The lowest BCUT2D eigenvalue weighted by Crippen LogP contribution is -2.52. The van der Waals surface area contributed by atoms with E-state index in [-0.39, 0.29) is 24.3 Å². The number of nitrogens with zero attached hydrogens (tertiary/aromatic N) is 2. The number of para-hydroxylation sites is 1. The highest BCUT2D eigenvalue weighted by molar-refractivity contribution is 5.80. The summed E-state index contributed by atoms with van der Waals surface area (Å²) < 4.78 is 5.77. The monoisotopic (exact) mass is 344 g/mol. The van der Waals surface area contributed by atoms with Gasteiger partial charge in [-0.1, -0.05) is 31.0 Å². The lowest BCUT2D eigenvalue weighted by molar-refractivity contribution is -0.142. The Morgan fingerprint density at radius 2 is 1.56 bits per heavy atom. The third kappa shape index (κ3) is 4.14. The molecule has 0 bridgehead atoms. The number of amides is 2. The highest BCUT2D eigenvalue weighted by Gasteiger charge is 2.30. The van der Waals surface area contributed by atoms with Crippen molar-refractivity contribution in [3.63, 3.8) is 0 Å². The van der Waals surface area contributed by atoms with Crippen LogP contribution in [0.5, 0.6) is 5.75 Å². The summed E-state index contributed by atoms with van der Waals surface area (Å²) in [5.74, 6) is 1.30. The maximum atomic E-state index is 12.5. The Balaban J connectivity index is 1.47. The van der Waals surface area contributed by atoms with Gasteiger partial charge in [-0.25, -0.2) is 0 Å². The molecule has 3 rings (SSSR count). The summed E-state index contributed by atoms with van der Waals surface area (Å²) in [5.41, 5.74) is 2.08. The molecule has 1 saturated carbocycles. The first kappa shape index (κ1) is 17.8. The van der Waals surface area contributed by atoms with E-state index in [1.807, 2.05) is 41.8 Å². The molecule has 0 spiro atoms. The number of carbonyl (C=O) groups is 2. The van der Waals surface area contributed by atoms with Crippen LogP contribution >= 0.6 is 0 Å². The summed E-state index contributed by atoms with van der Waals surface area (Å²) in [4.78, 5) is 28.6. The molecule has 1 heterocycles. The summed E-state index contributed by atoms with van der Waals surface area (Å²) in [6, 6.07) is 5.96. The van der Waals surface area contributed by atoms with Crippen LogP contribution in [-0.2, 0) is 9.59 Å². The average molecular weight is 344 g/mol. The molecular formula is C20H28N2O3. The van der Waals surface area contributed by atoms with Gasteiger partial charge < -0.3 is 14.5 Å². The van der Waals surface area contributed by atoms with Gasteiger partial charge in [-0.3, -0.25) is 9.59 Å². The van der Waals surface area contributed by atoms with Crippen LogP contribution in [-0.4, -0.2) is 54.4 Å². The standard InChI is InChI=1S/C20H28N2O3/c1-15-6-5-7-16(2)19(15)25-14-18(23)21-10-12-22(13-11-21)20(24)17-8-3-4-9-17/h5-7,17H,3-4,8-14H2,1-2H3. The molecule has 0 N–H and O–H groups in total. The van der Waals surface area contributed by atoms with Crippen molar-refractivity contribution in [1.29, 1.82) is 0 Å².